The van der Waals surface area contributed by atoms with Gasteiger partial charge in [0.1, 0.15) is 0 Å². The number of anilines is 3. The highest BCUT2D eigenvalue weighted by Gasteiger charge is 2.16. The van der Waals surface area contributed by atoms with Gasteiger partial charge in [-0.3, -0.25) is 4.79 Å². The number of nitrogens with two attached hydrogens (primary N) is 1. The fourth-order valence-corrected chi connectivity index (χ4v) is 3.23. The van der Waals surface area contributed by atoms with Crippen molar-refractivity contribution < 1.29 is 19.0 Å². The molecule has 1 amide bonds. The standard InChI is InChI=1S/C24H31N7O4/c1-15(2)27-22(32)14-35-20-8-5-16(12-21(20)34-4)23-29-24(31(30-23)9-10-33-3)28-18-6-7-19(26)17(11-18)13-25/h5-8,11-13,15,25H,9-10,14,26H2,1-4H3,(H,27,32)(H,28,29,30). The third-order valence-corrected chi connectivity index (χ3v) is 4.91. The highest BCUT2D eigenvalue weighted by Crippen LogP contribution is 2.32. The van der Waals surface area contributed by atoms with Gasteiger partial charge in [0.25, 0.3) is 5.91 Å². The summed E-state index contributed by atoms with van der Waals surface area (Å²) in [5.74, 6) is 1.65. The number of amides is 1. The van der Waals surface area contributed by atoms with E-state index in [-0.39, 0.29) is 18.6 Å². The first-order valence-corrected chi connectivity index (χ1v) is 11.1. The Hall–Kier alpha value is -4.12. The van der Waals surface area contributed by atoms with Crippen molar-refractivity contribution in [2.24, 2.45) is 0 Å². The number of methoxy groups -OCH3 is 2. The van der Waals surface area contributed by atoms with Crippen LogP contribution in [0.3, 0.4) is 0 Å². The fraction of sp³-hybridized carbons (Fsp3) is 0.333. The topological polar surface area (TPSA) is 149 Å². The van der Waals surface area contributed by atoms with Gasteiger partial charge in [-0.15, -0.1) is 5.10 Å². The Labute approximate surface area is 204 Å². The molecule has 0 aliphatic carbocycles. The monoisotopic (exact) mass is 481 g/mol. The molecule has 11 nitrogen and oxygen atoms in total. The van der Waals surface area contributed by atoms with Crippen LogP contribution in [0.2, 0.25) is 0 Å². The summed E-state index contributed by atoms with van der Waals surface area (Å²) < 4.78 is 18.0. The molecule has 0 fully saturated rings. The summed E-state index contributed by atoms with van der Waals surface area (Å²) in [6.45, 7) is 4.57. The van der Waals surface area contributed by atoms with Crippen LogP contribution in [0.5, 0.6) is 11.5 Å². The Bertz CT molecular complexity index is 1180. The average Bonchev–Trinajstić information content (AvgIpc) is 3.24. The summed E-state index contributed by atoms with van der Waals surface area (Å²) in [5, 5.41) is 18.2. The van der Waals surface area contributed by atoms with E-state index in [9.17, 15) is 4.79 Å². The third-order valence-electron chi connectivity index (χ3n) is 4.91. The lowest BCUT2D eigenvalue weighted by atomic mass is 10.2. The number of ether oxygens (including phenoxy) is 3. The molecule has 0 radical (unpaired) electrons. The van der Waals surface area contributed by atoms with Crippen molar-refractivity contribution in [3.05, 3.63) is 42.0 Å². The second-order valence-corrected chi connectivity index (χ2v) is 7.96. The molecule has 0 bridgehead atoms. The molecular weight excluding hydrogens is 450 g/mol. The Morgan fingerprint density at radius 1 is 1.20 bits per heavy atom. The van der Waals surface area contributed by atoms with Gasteiger partial charge < -0.3 is 36.0 Å². The van der Waals surface area contributed by atoms with Gasteiger partial charge in [0.05, 0.1) is 20.3 Å². The summed E-state index contributed by atoms with van der Waals surface area (Å²) in [5.41, 5.74) is 8.43. The van der Waals surface area contributed by atoms with Crippen molar-refractivity contribution in [3.8, 4) is 22.9 Å². The summed E-state index contributed by atoms with van der Waals surface area (Å²) in [7, 11) is 3.14. The number of rotatable bonds is 12. The SMILES string of the molecule is COCCn1nc(-c2ccc(OCC(=O)NC(C)C)c(OC)c2)nc1Nc1ccc(N)c(C=N)c1. The van der Waals surface area contributed by atoms with E-state index in [4.69, 9.17) is 25.4 Å². The first-order valence-electron chi connectivity index (χ1n) is 11.1. The Kier molecular flexibility index (Phi) is 8.63. The van der Waals surface area contributed by atoms with E-state index >= 15 is 0 Å². The van der Waals surface area contributed by atoms with Gasteiger partial charge in [-0.2, -0.15) is 4.98 Å². The fourth-order valence-electron chi connectivity index (χ4n) is 3.23. The van der Waals surface area contributed by atoms with Gasteiger partial charge >= 0.3 is 0 Å². The van der Waals surface area contributed by atoms with Crippen molar-refractivity contribution in [1.82, 2.24) is 20.1 Å². The van der Waals surface area contributed by atoms with E-state index in [0.29, 0.717) is 53.2 Å². The number of benzene rings is 2. The van der Waals surface area contributed by atoms with Gasteiger partial charge in [-0.25, -0.2) is 4.68 Å². The first-order chi connectivity index (χ1) is 16.8. The highest BCUT2D eigenvalue weighted by atomic mass is 16.5. The number of aromatic nitrogens is 3. The zero-order chi connectivity index (χ0) is 25.4. The van der Waals surface area contributed by atoms with Gasteiger partial charge in [0.2, 0.25) is 5.95 Å². The number of carbonyl (C=O) groups is 1. The van der Waals surface area contributed by atoms with Crippen LogP contribution in [-0.2, 0) is 16.1 Å². The number of carbonyl (C=O) groups excluding carboxylic acids is 1. The van der Waals surface area contributed by atoms with Crippen LogP contribution in [-0.4, -0.2) is 60.4 Å². The van der Waals surface area contributed by atoms with Gasteiger partial charge in [-0.05, 0) is 50.2 Å². The molecule has 0 aliphatic heterocycles. The quantitative estimate of drug-likeness (QED) is 0.228. The Balaban J connectivity index is 1.86. The summed E-state index contributed by atoms with van der Waals surface area (Å²) >= 11 is 0. The number of hydrogen-bond acceptors (Lipinski definition) is 9. The molecule has 35 heavy (non-hydrogen) atoms. The lowest BCUT2D eigenvalue weighted by molar-refractivity contribution is -0.123. The normalized spacial score (nSPS) is 10.8. The minimum atomic E-state index is -0.214. The van der Waals surface area contributed by atoms with E-state index in [0.717, 1.165) is 5.69 Å². The zero-order valence-electron chi connectivity index (χ0n) is 20.3. The molecule has 0 saturated carbocycles. The maximum absolute atomic E-state index is 11.9. The van der Waals surface area contributed by atoms with Crippen molar-refractivity contribution >= 4 is 29.4 Å². The lowest BCUT2D eigenvalue weighted by Gasteiger charge is -2.12. The molecule has 3 rings (SSSR count). The van der Waals surface area contributed by atoms with Crippen LogP contribution >= 0.6 is 0 Å². The molecular formula is C24H31N7O4. The molecule has 0 aliphatic rings. The van der Waals surface area contributed by atoms with E-state index in [1.807, 2.05) is 19.9 Å². The molecule has 11 heteroatoms. The molecule has 2 aromatic carbocycles. The van der Waals surface area contributed by atoms with Crippen LogP contribution in [0, 0.1) is 5.41 Å². The van der Waals surface area contributed by atoms with Crippen molar-refractivity contribution in [2.75, 3.05) is 38.5 Å². The second-order valence-electron chi connectivity index (χ2n) is 7.96. The van der Waals surface area contributed by atoms with Crippen LogP contribution < -0.4 is 25.8 Å². The van der Waals surface area contributed by atoms with E-state index < -0.39 is 0 Å². The Morgan fingerprint density at radius 2 is 2.00 bits per heavy atom. The molecule has 0 saturated heterocycles. The molecule has 5 N–H and O–H groups in total. The maximum Gasteiger partial charge on any atom is 0.258 e. The minimum Gasteiger partial charge on any atom is -0.493 e. The predicted molar refractivity (Wildman–Crippen MR) is 135 cm³/mol. The predicted octanol–water partition coefficient (Wildman–Crippen LogP) is 2.83. The van der Waals surface area contributed by atoms with Crippen LogP contribution in [0.15, 0.2) is 36.4 Å². The summed E-state index contributed by atoms with van der Waals surface area (Å²) in [4.78, 5) is 16.6. The minimum absolute atomic E-state index is 0.0300. The lowest BCUT2D eigenvalue weighted by Crippen LogP contribution is -2.34. The number of nitrogens with zero attached hydrogens (tertiary/aromatic N) is 3. The van der Waals surface area contributed by atoms with Crippen LogP contribution in [0.1, 0.15) is 19.4 Å². The molecule has 1 heterocycles. The van der Waals surface area contributed by atoms with Crippen LogP contribution in [0.25, 0.3) is 11.4 Å². The van der Waals surface area contributed by atoms with Crippen molar-refractivity contribution in [3.63, 3.8) is 0 Å². The van der Waals surface area contributed by atoms with Crippen LogP contribution in [0.4, 0.5) is 17.3 Å². The summed E-state index contributed by atoms with van der Waals surface area (Å²) in [6, 6.07) is 10.6. The average molecular weight is 482 g/mol. The van der Waals surface area contributed by atoms with E-state index in [2.05, 4.69) is 20.7 Å². The van der Waals surface area contributed by atoms with Crippen molar-refractivity contribution in [1.29, 1.82) is 5.41 Å². The zero-order valence-corrected chi connectivity index (χ0v) is 20.3. The number of hydrogen-bond donors (Lipinski definition) is 4. The second kappa shape index (κ2) is 11.8. The van der Waals surface area contributed by atoms with Crippen molar-refractivity contribution in [2.45, 2.75) is 26.4 Å². The molecule has 0 atom stereocenters. The number of nitrogen functional groups attached to an aromatic ring is 1. The smallest absolute Gasteiger partial charge is 0.258 e. The van der Waals surface area contributed by atoms with E-state index in [1.165, 1.54) is 13.3 Å². The highest BCUT2D eigenvalue weighted by molar-refractivity contribution is 5.87. The molecule has 0 spiro atoms. The maximum atomic E-state index is 11.9. The largest absolute Gasteiger partial charge is 0.493 e. The summed E-state index contributed by atoms with van der Waals surface area (Å²) in [6.07, 6.45) is 1.20. The Morgan fingerprint density at radius 3 is 2.69 bits per heavy atom. The third kappa shape index (κ3) is 6.70. The van der Waals surface area contributed by atoms with Gasteiger partial charge in [0.15, 0.2) is 23.9 Å². The molecule has 1 aromatic heterocycles. The van der Waals surface area contributed by atoms with E-state index in [1.54, 1.807) is 42.1 Å². The molecule has 3 aromatic rings. The van der Waals surface area contributed by atoms with Gasteiger partial charge in [-0.1, -0.05) is 0 Å². The number of nitrogens with one attached hydrogen (secondary N) is 3. The molecule has 0 unspecified atom stereocenters. The molecule has 186 valence electrons. The first kappa shape index (κ1) is 25.5. The van der Waals surface area contributed by atoms with Gasteiger partial charge in [0, 0.05) is 41.9 Å².